The Morgan fingerprint density at radius 3 is 2.79 bits per heavy atom. The molecule has 2 aromatic heterocycles. The molecular formula is C31H33N5O2. The number of nitrogens with zero attached hydrogens (tertiary/aromatic N) is 5. The van der Waals surface area contributed by atoms with Gasteiger partial charge in [-0.05, 0) is 68.0 Å². The van der Waals surface area contributed by atoms with E-state index in [0.717, 1.165) is 59.2 Å². The summed E-state index contributed by atoms with van der Waals surface area (Å²) >= 11 is 0. The molecular weight excluding hydrogens is 474 g/mol. The largest absolute Gasteiger partial charge is 0.378 e. The van der Waals surface area contributed by atoms with E-state index in [4.69, 9.17) is 9.72 Å². The van der Waals surface area contributed by atoms with Gasteiger partial charge in [0.25, 0.3) is 0 Å². The van der Waals surface area contributed by atoms with E-state index in [1.807, 2.05) is 25.4 Å². The fraction of sp³-hybridized carbons (Fsp3) is 0.484. The van der Waals surface area contributed by atoms with Gasteiger partial charge in [0.15, 0.2) is 0 Å². The molecule has 0 radical (unpaired) electrons. The van der Waals surface area contributed by atoms with Crippen LogP contribution in [0.25, 0.3) is 21.9 Å². The number of anilines is 1. The number of carbonyl (C=O) groups excluding carboxylic acids is 1. The van der Waals surface area contributed by atoms with E-state index >= 15 is 0 Å². The lowest BCUT2D eigenvalue weighted by Gasteiger charge is -2.43. The van der Waals surface area contributed by atoms with Gasteiger partial charge in [-0.3, -0.25) is 9.78 Å². The zero-order chi connectivity index (χ0) is 25.8. The van der Waals surface area contributed by atoms with E-state index in [1.165, 1.54) is 12.8 Å². The highest BCUT2D eigenvalue weighted by atomic mass is 16.5. The van der Waals surface area contributed by atoms with Gasteiger partial charge in [0.05, 0.1) is 29.3 Å². The molecule has 3 heterocycles. The fourth-order valence-electron chi connectivity index (χ4n) is 6.29. The number of hydrogen-bond acceptors (Lipinski definition) is 6. The van der Waals surface area contributed by atoms with Crippen molar-refractivity contribution in [1.82, 2.24) is 14.9 Å². The summed E-state index contributed by atoms with van der Waals surface area (Å²) in [5, 5.41) is 12.5. The summed E-state index contributed by atoms with van der Waals surface area (Å²) in [4.78, 5) is 27.3. The summed E-state index contributed by atoms with van der Waals surface area (Å²) in [5.41, 5.74) is 3.89. The molecule has 4 aliphatic rings. The van der Waals surface area contributed by atoms with Crippen molar-refractivity contribution in [2.45, 2.75) is 57.1 Å². The third-order valence-corrected chi connectivity index (χ3v) is 8.68. The second kappa shape index (κ2) is 9.36. The van der Waals surface area contributed by atoms with Crippen LogP contribution < -0.4 is 4.90 Å². The third-order valence-electron chi connectivity index (χ3n) is 8.68. The number of ether oxygens (including phenoxy) is 1. The molecule has 38 heavy (non-hydrogen) atoms. The smallest absolute Gasteiger partial charge is 0.228 e. The molecule has 3 aliphatic carbocycles. The van der Waals surface area contributed by atoms with Crippen LogP contribution in [-0.4, -0.2) is 59.2 Å². The van der Waals surface area contributed by atoms with E-state index in [0.29, 0.717) is 37.1 Å². The normalized spacial score (nSPS) is 24.9. The second-order valence-electron chi connectivity index (χ2n) is 11.3. The number of piperazine rings is 1. The van der Waals surface area contributed by atoms with Crippen LogP contribution in [-0.2, 0) is 9.53 Å². The summed E-state index contributed by atoms with van der Waals surface area (Å²) in [6.07, 6.45) is 9.26. The zero-order valence-electron chi connectivity index (χ0n) is 21.8. The average Bonchev–Trinajstić information content (AvgIpc) is 3.81. The molecule has 0 spiro atoms. The maximum absolute atomic E-state index is 13.4. The molecule has 0 bridgehead atoms. The Labute approximate surface area is 223 Å². The predicted octanol–water partition coefficient (Wildman–Crippen LogP) is 4.90. The van der Waals surface area contributed by atoms with Crippen LogP contribution in [0.5, 0.6) is 0 Å². The fourth-order valence-corrected chi connectivity index (χ4v) is 6.29. The Morgan fingerprint density at radius 1 is 1.16 bits per heavy atom. The maximum atomic E-state index is 13.4. The number of fused-ring (bicyclic) bond motifs is 1. The predicted molar refractivity (Wildman–Crippen MR) is 146 cm³/mol. The van der Waals surface area contributed by atoms with Crippen molar-refractivity contribution in [2.24, 2.45) is 11.8 Å². The molecule has 194 valence electrons. The van der Waals surface area contributed by atoms with Gasteiger partial charge in [-0.1, -0.05) is 18.2 Å². The van der Waals surface area contributed by atoms with Crippen LogP contribution in [0.1, 0.15) is 56.2 Å². The summed E-state index contributed by atoms with van der Waals surface area (Å²) < 4.78 is 5.72. The maximum Gasteiger partial charge on any atom is 0.228 e. The molecule has 7 heteroatoms. The molecule has 3 saturated carbocycles. The minimum Gasteiger partial charge on any atom is -0.378 e. The molecule has 1 unspecified atom stereocenters. The van der Waals surface area contributed by atoms with Gasteiger partial charge in [-0.15, -0.1) is 0 Å². The molecule has 1 aliphatic heterocycles. The average molecular weight is 508 g/mol. The molecule has 1 aromatic carbocycles. The minimum absolute atomic E-state index is 0.0205. The van der Waals surface area contributed by atoms with Crippen LogP contribution >= 0.6 is 0 Å². The molecule has 7 nitrogen and oxygen atoms in total. The second-order valence-corrected chi connectivity index (χ2v) is 11.3. The van der Waals surface area contributed by atoms with Crippen LogP contribution in [0.15, 0.2) is 42.7 Å². The molecule has 4 fully saturated rings. The first-order valence-corrected chi connectivity index (χ1v) is 14.1. The van der Waals surface area contributed by atoms with Crippen molar-refractivity contribution in [3.05, 3.63) is 54.0 Å². The summed E-state index contributed by atoms with van der Waals surface area (Å²) in [5.74, 6) is 2.04. The van der Waals surface area contributed by atoms with Crippen LogP contribution in [0.3, 0.4) is 0 Å². The topological polar surface area (TPSA) is 82.3 Å². The van der Waals surface area contributed by atoms with E-state index in [-0.39, 0.29) is 24.0 Å². The first-order valence-electron chi connectivity index (χ1n) is 14.1. The summed E-state index contributed by atoms with van der Waals surface area (Å²) in [7, 11) is 0. The van der Waals surface area contributed by atoms with Gasteiger partial charge in [0.1, 0.15) is 11.9 Å². The van der Waals surface area contributed by atoms with Crippen LogP contribution in [0, 0.1) is 23.2 Å². The van der Waals surface area contributed by atoms with Crippen molar-refractivity contribution in [3.8, 4) is 17.2 Å². The number of rotatable bonds is 7. The van der Waals surface area contributed by atoms with E-state index in [9.17, 15) is 10.1 Å². The minimum atomic E-state index is 0.0205. The monoisotopic (exact) mass is 507 g/mol. The Bertz CT molecular complexity index is 1430. The highest BCUT2D eigenvalue weighted by molar-refractivity contribution is 5.97. The zero-order valence-corrected chi connectivity index (χ0v) is 21.8. The van der Waals surface area contributed by atoms with Crippen molar-refractivity contribution in [3.63, 3.8) is 0 Å². The molecule has 3 aromatic rings. The van der Waals surface area contributed by atoms with Gasteiger partial charge in [-0.2, -0.15) is 5.26 Å². The van der Waals surface area contributed by atoms with Crippen LogP contribution in [0.4, 0.5) is 5.82 Å². The number of amides is 1. The lowest BCUT2D eigenvalue weighted by Crippen LogP contribution is -2.57. The van der Waals surface area contributed by atoms with Crippen molar-refractivity contribution in [1.29, 1.82) is 5.26 Å². The molecule has 1 amide bonds. The Hall–Kier alpha value is -3.50. The number of aromatic nitrogens is 2. The Balaban J connectivity index is 1.22. The standard InChI is InChI=1S/C31H33N5O2/c1-2-38-28-15-26(28)31(37)36-13-12-35(18-27(36)19-6-7-19)30-22(16-32)14-25(29(34-30)20-8-9-20)24-5-3-4-21-17-33-11-10-23(21)24/h3-5,10-11,14,17,19-20,26-28H,2,6-9,12-13,15,18H2,1H3/t26-,27?,28+/m0/s1. The molecule has 7 rings (SSSR count). The Morgan fingerprint density at radius 2 is 2.03 bits per heavy atom. The number of pyridine rings is 2. The van der Waals surface area contributed by atoms with Gasteiger partial charge in [0, 0.05) is 55.5 Å². The first kappa shape index (κ1) is 23.6. The first-order chi connectivity index (χ1) is 18.7. The highest BCUT2D eigenvalue weighted by Gasteiger charge is 2.50. The molecule has 1 saturated heterocycles. The number of nitriles is 1. The van der Waals surface area contributed by atoms with E-state index < -0.39 is 0 Å². The number of hydrogen-bond donors (Lipinski definition) is 0. The van der Waals surface area contributed by atoms with Crippen molar-refractivity contribution >= 4 is 22.5 Å². The van der Waals surface area contributed by atoms with E-state index in [2.05, 4.69) is 45.1 Å². The van der Waals surface area contributed by atoms with E-state index in [1.54, 1.807) is 0 Å². The van der Waals surface area contributed by atoms with Gasteiger partial charge in [0.2, 0.25) is 5.91 Å². The number of benzene rings is 1. The van der Waals surface area contributed by atoms with Crippen molar-refractivity contribution < 1.29 is 9.53 Å². The third kappa shape index (κ3) is 4.21. The molecule has 3 atom stereocenters. The van der Waals surface area contributed by atoms with Crippen molar-refractivity contribution in [2.75, 3.05) is 31.1 Å². The molecule has 0 N–H and O–H groups in total. The highest BCUT2D eigenvalue weighted by Crippen LogP contribution is 2.47. The van der Waals surface area contributed by atoms with Gasteiger partial charge >= 0.3 is 0 Å². The summed E-state index contributed by atoms with van der Waals surface area (Å²) in [6, 6.07) is 13.0. The van der Waals surface area contributed by atoms with Gasteiger partial charge < -0.3 is 14.5 Å². The number of carbonyl (C=O) groups is 1. The lowest BCUT2D eigenvalue weighted by atomic mass is 9.95. The quantitative estimate of drug-likeness (QED) is 0.453. The summed E-state index contributed by atoms with van der Waals surface area (Å²) in [6.45, 7) is 4.77. The lowest BCUT2D eigenvalue weighted by molar-refractivity contribution is -0.136. The SMILES string of the molecule is CCO[C@@H]1C[C@@H]1C(=O)N1CCN(c2nc(C3CC3)c(-c3cccc4cnccc34)cc2C#N)CC1C1CC1. The van der Waals surface area contributed by atoms with Crippen LogP contribution in [0.2, 0.25) is 0 Å². The van der Waals surface area contributed by atoms with Gasteiger partial charge in [-0.25, -0.2) is 4.98 Å². The Kier molecular flexibility index (Phi) is 5.81.